The predicted octanol–water partition coefficient (Wildman–Crippen LogP) is 3.33. The Kier molecular flexibility index (Phi) is 4.41. The molecule has 0 aromatic heterocycles. The molecule has 0 heterocycles. The third-order valence-electron chi connectivity index (χ3n) is 5.46. The number of benzene rings is 1. The zero-order chi connectivity index (χ0) is 18.9. The first kappa shape index (κ1) is 17.5. The highest BCUT2D eigenvalue weighted by molar-refractivity contribution is 6.01. The molecule has 1 aromatic carbocycles. The Bertz CT molecular complexity index is 899. The Morgan fingerprint density at radius 2 is 1.88 bits per heavy atom. The van der Waals surface area contributed by atoms with Crippen LogP contribution in [0, 0.1) is 56.7 Å². The minimum Gasteiger partial charge on any atom is -0.497 e. The highest BCUT2D eigenvalue weighted by Crippen LogP contribution is 2.57. The van der Waals surface area contributed by atoms with Gasteiger partial charge in [0.05, 0.1) is 38.1 Å². The summed E-state index contributed by atoms with van der Waals surface area (Å²) in [5, 5.41) is 37.9. The standard InChI is InChI=1S/C20H18N4O2/c1-25-12-6-7-15(17(8-12)26-2)18-14-5-3-4-13(14)16(9-21)19(24)20(18,10-22)11-23/h4,6-8,14,16,18,24H,3,5H2,1-2H3/t14-,16+,18-/m1/s1. The second-order valence-corrected chi connectivity index (χ2v) is 6.48. The van der Waals surface area contributed by atoms with Gasteiger partial charge in [-0.3, -0.25) is 0 Å². The van der Waals surface area contributed by atoms with Crippen LogP contribution in [0.3, 0.4) is 0 Å². The van der Waals surface area contributed by atoms with Crippen molar-refractivity contribution in [1.82, 2.24) is 0 Å². The van der Waals surface area contributed by atoms with Crippen molar-refractivity contribution >= 4 is 5.71 Å². The van der Waals surface area contributed by atoms with E-state index >= 15 is 0 Å². The molecular formula is C20H18N4O2. The van der Waals surface area contributed by atoms with Crippen molar-refractivity contribution in [2.75, 3.05) is 14.2 Å². The second-order valence-electron chi connectivity index (χ2n) is 6.48. The van der Waals surface area contributed by atoms with Crippen LogP contribution in [0.1, 0.15) is 24.3 Å². The highest BCUT2D eigenvalue weighted by Gasteiger charge is 2.58. The van der Waals surface area contributed by atoms with Gasteiger partial charge in [0.25, 0.3) is 0 Å². The number of allylic oxidation sites excluding steroid dienone is 2. The lowest BCUT2D eigenvalue weighted by molar-refractivity contribution is 0.333. The molecule has 26 heavy (non-hydrogen) atoms. The van der Waals surface area contributed by atoms with E-state index in [4.69, 9.17) is 14.9 Å². The smallest absolute Gasteiger partial charge is 0.189 e. The van der Waals surface area contributed by atoms with E-state index in [0.717, 1.165) is 18.4 Å². The summed E-state index contributed by atoms with van der Waals surface area (Å²) in [5.74, 6) is -0.409. The maximum absolute atomic E-state index is 9.93. The number of rotatable bonds is 3. The van der Waals surface area contributed by atoms with Crippen LogP contribution < -0.4 is 9.47 Å². The Hall–Kier alpha value is -3.30. The topological polar surface area (TPSA) is 114 Å². The molecule has 1 aromatic rings. The summed E-state index contributed by atoms with van der Waals surface area (Å²) in [7, 11) is 3.07. The van der Waals surface area contributed by atoms with E-state index in [1.54, 1.807) is 25.3 Å². The van der Waals surface area contributed by atoms with Gasteiger partial charge in [-0.2, -0.15) is 15.8 Å². The zero-order valence-electron chi connectivity index (χ0n) is 14.6. The molecule has 0 aliphatic heterocycles. The Balaban J connectivity index is 2.26. The molecule has 2 aliphatic rings. The summed E-state index contributed by atoms with van der Waals surface area (Å²) >= 11 is 0. The fraction of sp³-hybridized carbons (Fsp3) is 0.400. The van der Waals surface area contributed by atoms with Crippen LogP contribution in [0.5, 0.6) is 11.5 Å². The summed E-state index contributed by atoms with van der Waals surface area (Å²) < 4.78 is 10.7. The predicted molar refractivity (Wildman–Crippen MR) is 93.6 cm³/mol. The van der Waals surface area contributed by atoms with Crippen molar-refractivity contribution < 1.29 is 9.47 Å². The van der Waals surface area contributed by atoms with Crippen molar-refractivity contribution in [2.45, 2.75) is 18.8 Å². The van der Waals surface area contributed by atoms with Crippen molar-refractivity contribution in [3.63, 3.8) is 0 Å². The lowest BCUT2D eigenvalue weighted by atomic mass is 9.55. The number of methoxy groups -OCH3 is 2. The van der Waals surface area contributed by atoms with Gasteiger partial charge in [-0.25, -0.2) is 0 Å². The molecule has 3 atom stereocenters. The van der Waals surface area contributed by atoms with Crippen LogP contribution in [0.15, 0.2) is 29.8 Å². The average Bonchev–Trinajstić information content (AvgIpc) is 3.15. The Labute approximate surface area is 152 Å². The number of hydrogen-bond donors (Lipinski definition) is 1. The van der Waals surface area contributed by atoms with E-state index < -0.39 is 17.3 Å². The monoisotopic (exact) mass is 346 g/mol. The summed E-state index contributed by atoms with van der Waals surface area (Å²) in [6.45, 7) is 0. The minimum atomic E-state index is -1.70. The molecule has 0 radical (unpaired) electrons. The van der Waals surface area contributed by atoms with Gasteiger partial charge in [-0.1, -0.05) is 12.1 Å². The molecule has 0 bridgehead atoms. The molecule has 3 rings (SSSR count). The van der Waals surface area contributed by atoms with Gasteiger partial charge in [-0.15, -0.1) is 0 Å². The highest BCUT2D eigenvalue weighted by atomic mass is 16.5. The SMILES string of the molecule is COc1ccc([C@H]2[C@@H]3CCC=C3[C@H](C#N)C(=N)C2(C#N)C#N)c(OC)c1. The number of ether oxygens (including phenoxy) is 2. The third-order valence-corrected chi connectivity index (χ3v) is 5.46. The Morgan fingerprint density at radius 1 is 1.15 bits per heavy atom. The van der Waals surface area contributed by atoms with Crippen molar-refractivity contribution in [3.8, 4) is 29.7 Å². The second kappa shape index (κ2) is 6.54. The largest absolute Gasteiger partial charge is 0.497 e. The Morgan fingerprint density at radius 3 is 2.46 bits per heavy atom. The van der Waals surface area contributed by atoms with Crippen LogP contribution in [-0.2, 0) is 0 Å². The molecule has 0 spiro atoms. The normalized spacial score (nSPS) is 25.9. The molecule has 1 fully saturated rings. The fourth-order valence-electron chi connectivity index (χ4n) is 4.25. The molecule has 1 N–H and O–H groups in total. The van der Waals surface area contributed by atoms with E-state index in [-0.39, 0.29) is 11.6 Å². The van der Waals surface area contributed by atoms with Gasteiger partial charge < -0.3 is 14.9 Å². The molecule has 0 amide bonds. The van der Waals surface area contributed by atoms with Crippen LogP contribution in [0.2, 0.25) is 0 Å². The van der Waals surface area contributed by atoms with Gasteiger partial charge in [-0.05, 0) is 30.4 Å². The molecule has 2 aliphatic carbocycles. The lowest BCUT2D eigenvalue weighted by Crippen LogP contribution is -2.47. The van der Waals surface area contributed by atoms with Gasteiger partial charge in [0.2, 0.25) is 0 Å². The third kappa shape index (κ3) is 2.25. The molecule has 130 valence electrons. The number of hydrogen-bond acceptors (Lipinski definition) is 6. The van der Waals surface area contributed by atoms with Crippen molar-refractivity contribution in [3.05, 3.63) is 35.4 Å². The number of nitrogens with zero attached hydrogens (tertiary/aromatic N) is 3. The first-order chi connectivity index (χ1) is 12.6. The number of nitrogens with one attached hydrogen (secondary N) is 1. The van der Waals surface area contributed by atoms with Crippen LogP contribution in [-0.4, -0.2) is 19.9 Å². The first-order valence-corrected chi connectivity index (χ1v) is 8.30. The van der Waals surface area contributed by atoms with Crippen molar-refractivity contribution in [1.29, 1.82) is 21.2 Å². The summed E-state index contributed by atoms with van der Waals surface area (Å²) in [4.78, 5) is 0. The van der Waals surface area contributed by atoms with Crippen LogP contribution >= 0.6 is 0 Å². The summed E-state index contributed by atoms with van der Waals surface area (Å²) in [6, 6.07) is 11.5. The van der Waals surface area contributed by atoms with Crippen LogP contribution in [0.25, 0.3) is 0 Å². The maximum atomic E-state index is 9.93. The van der Waals surface area contributed by atoms with E-state index in [2.05, 4.69) is 18.2 Å². The van der Waals surface area contributed by atoms with Crippen molar-refractivity contribution in [2.24, 2.45) is 17.3 Å². The molecule has 6 nitrogen and oxygen atoms in total. The quantitative estimate of drug-likeness (QED) is 0.843. The molecular weight excluding hydrogens is 328 g/mol. The van der Waals surface area contributed by atoms with E-state index in [1.165, 1.54) is 7.11 Å². The number of fused-ring (bicyclic) bond motifs is 1. The van der Waals surface area contributed by atoms with E-state index in [9.17, 15) is 15.8 Å². The van der Waals surface area contributed by atoms with Crippen LogP contribution in [0.4, 0.5) is 0 Å². The van der Waals surface area contributed by atoms with E-state index in [1.807, 2.05) is 6.08 Å². The molecule has 0 unspecified atom stereocenters. The summed E-state index contributed by atoms with van der Waals surface area (Å²) in [5.41, 5.74) is -0.302. The van der Waals surface area contributed by atoms with Gasteiger partial charge in [0, 0.05) is 17.5 Å². The fourth-order valence-corrected chi connectivity index (χ4v) is 4.25. The van der Waals surface area contributed by atoms with E-state index in [0.29, 0.717) is 17.1 Å². The van der Waals surface area contributed by atoms with Gasteiger partial charge in [0.15, 0.2) is 5.41 Å². The summed E-state index contributed by atoms with van der Waals surface area (Å²) in [6.07, 6.45) is 3.49. The zero-order valence-corrected chi connectivity index (χ0v) is 14.6. The minimum absolute atomic E-state index is 0.141. The lowest BCUT2D eigenvalue weighted by Gasteiger charge is -2.43. The molecule has 6 heteroatoms. The molecule has 1 saturated carbocycles. The molecule has 0 saturated heterocycles. The first-order valence-electron chi connectivity index (χ1n) is 8.30. The maximum Gasteiger partial charge on any atom is 0.189 e. The van der Waals surface area contributed by atoms with Gasteiger partial charge >= 0.3 is 0 Å². The number of nitriles is 3. The van der Waals surface area contributed by atoms with Gasteiger partial charge in [0.1, 0.15) is 17.4 Å². The average molecular weight is 346 g/mol.